The quantitative estimate of drug-likeness (QED) is 0.809. The number of hydrogen-bond donors (Lipinski definition) is 2. The number of likely N-dealkylation sites (tertiary alicyclic amines) is 1. The number of primary amides is 1. The summed E-state index contributed by atoms with van der Waals surface area (Å²) in [4.78, 5) is 26.3. The predicted octanol–water partition coefficient (Wildman–Crippen LogP) is 2.68. The highest BCUT2D eigenvalue weighted by Crippen LogP contribution is 2.24. The van der Waals surface area contributed by atoms with E-state index < -0.39 is 0 Å². The average Bonchev–Trinajstić information content (AvgIpc) is 2.64. The Bertz CT molecular complexity index is 656. The molecule has 0 spiro atoms. The van der Waals surface area contributed by atoms with E-state index in [1.54, 1.807) is 0 Å². The Morgan fingerprint density at radius 3 is 2.76 bits per heavy atom. The summed E-state index contributed by atoms with van der Waals surface area (Å²) in [5, 5.41) is 3.11. The first-order valence-electron chi connectivity index (χ1n) is 9.19. The van der Waals surface area contributed by atoms with Crippen LogP contribution < -0.4 is 11.1 Å². The number of nitrogens with zero attached hydrogens (tertiary/aromatic N) is 1. The smallest absolute Gasteiger partial charge is 0.227 e. The van der Waals surface area contributed by atoms with Gasteiger partial charge in [-0.2, -0.15) is 0 Å². The first-order valence-corrected chi connectivity index (χ1v) is 9.19. The van der Waals surface area contributed by atoms with Gasteiger partial charge in [0, 0.05) is 24.7 Å². The third-order valence-corrected chi connectivity index (χ3v) is 5.22. The lowest BCUT2D eigenvalue weighted by Gasteiger charge is -2.31. The van der Waals surface area contributed by atoms with E-state index in [1.807, 2.05) is 24.3 Å². The lowest BCUT2D eigenvalue weighted by atomic mass is 9.93. The van der Waals surface area contributed by atoms with E-state index in [4.69, 9.17) is 5.73 Å². The Balaban J connectivity index is 1.65. The second-order valence-electron chi connectivity index (χ2n) is 7.10. The maximum Gasteiger partial charge on any atom is 0.227 e. The van der Waals surface area contributed by atoms with Gasteiger partial charge < -0.3 is 11.1 Å². The molecule has 1 heterocycles. The fourth-order valence-electron chi connectivity index (χ4n) is 3.72. The van der Waals surface area contributed by atoms with Gasteiger partial charge in [-0.1, -0.05) is 30.4 Å². The molecule has 1 saturated heterocycles. The van der Waals surface area contributed by atoms with Gasteiger partial charge in [-0.25, -0.2) is 0 Å². The van der Waals surface area contributed by atoms with Crippen LogP contribution in [0.15, 0.2) is 36.4 Å². The van der Waals surface area contributed by atoms with Crippen LogP contribution in [0.2, 0.25) is 0 Å². The number of nitrogens with two attached hydrogens (primary N) is 1. The standard InChI is InChI=1S/C20H27N3O2/c21-19(24)17-10-6-12-23(14-17)13-16-9-4-5-11-18(16)22-20(25)15-7-2-1-3-8-15/h1-2,4-5,9,11,15,17H,3,6-8,10,12-14H2,(H2,21,24)(H,22,25)/t15-,17-/m0/s1. The number of carbonyl (C=O) groups is 2. The number of carbonyl (C=O) groups excluding carboxylic acids is 2. The van der Waals surface area contributed by atoms with E-state index in [0.29, 0.717) is 6.54 Å². The van der Waals surface area contributed by atoms with Crippen molar-refractivity contribution in [3.8, 4) is 0 Å². The molecule has 134 valence electrons. The van der Waals surface area contributed by atoms with Crippen molar-refractivity contribution in [3.05, 3.63) is 42.0 Å². The molecule has 1 fully saturated rings. The third kappa shape index (κ3) is 4.69. The minimum atomic E-state index is -0.211. The molecule has 0 unspecified atom stereocenters. The van der Waals surface area contributed by atoms with Gasteiger partial charge in [0.25, 0.3) is 0 Å². The molecule has 2 amide bonds. The summed E-state index contributed by atoms with van der Waals surface area (Å²) in [6.07, 6.45) is 8.80. The molecule has 1 aromatic carbocycles. The van der Waals surface area contributed by atoms with Crippen molar-refractivity contribution in [1.82, 2.24) is 4.90 Å². The summed E-state index contributed by atoms with van der Waals surface area (Å²) in [6, 6.07) is 7.94. The van der Waals surface area contributed by atoms with E-state index >= 15 is 0 Å². The molecule has 0 aromatic heterocycles. The molecule has 3 N–H and O–H groups in total. The van der Waals surface area contributed by atoms with Gasteiger partial charge in [0.1, 0.15) is 0 Å². The Labute approximate surface area is 149 Å². The molecule has 0 radical (unpaired) electrons. The van der Waals surface area contributed by atoms with E-state index in [1.165, 1.54) is 0 Å². The van der Waals surface area contributed by atoms with Gasteiger partial charge in [-0.3, -0.25) is 14.5 Å². The molecule has 1 aliphatic heterocycles. The van der Waals surface area contributed by atoms with Gasteiger partial charge in [-0.05, 0) is 50.3 Å². The predicted molar refractivity (Wildman–Crippen MR) is 98.7 cm³/mol. The number of allylic oxidation sites excluding steroid dienone is 2. The van der Waals surface area contributed by atoms with Crippen molar-refractivity contribution >= 4 is 17.5 Å². The fraction of sp³-hybridized carbons (Fsp3) is 0.500. The van der Waals surface area contributed by atoms with Crippen molar-refractivity contribution in [1.29, 1.82) is 0 Å². The molecule has 3 rings (SSSR count). The van der Waals surface area contributed by atoms with Crippen molar-refractivity contribution in [2.24, 2.45) is 17.6 Å². The van der Waals surface area contributed by atoms with E-state index in [0.717, 1.165) is 56.4 Å². The number of piperidine rings is 1. The molecule has 5 heteroatoms. The van der Waals surface area contributed by atoms with Crippen LogP contribution in [0.3, 0.4) is 0 Å². The molecule has 0 saturated carbocycles. The minimum absolute atomic E-state index is 0.0623. The van der Waals surface area contributed by atoms with Crippen LogP contribution in [0.25, 0.3) is 0 Å². The highest BCUT2D eigenvalue weighted by Gasteiger charge is 2.25. The number of para-hydroxylation sites is 1. The zero-order valence-electron chi connectivity index (χ0n) is 14.6. The van der Waals surface area contributed by atoms with Gasteiger partial charge in [0.15, 0.2) is 0 Å². The number of rotatable bonds is 5. The number of hydrogen-bond acceptors (Lipinski definition) is 3. The number of nitrogens with one attached hydrogen (secondary N) is 1. The fourth-order valence-corrected chi connectivity index (χ4v) is 3.72. The maximum absolute atomic E-state index is 12.5. The van der Waals surface area contributed by atoms with Crippen molar-refractivity contribution < 1.29 is 9.59 Å². The Kier molecular flexibility index (Phi) is 5.87. The van der Waals surface area contributed by atoms with Crippen LogP contribution in [0.4, 0.5) is 5.69 Å². The van der Waals surface area contributed by atoms with Crippen LogP contribution in [0, 0.1) is 11.8 Å². The first kappa shape index (κ1) is 17.7. The largest absolute Gasteiger partial charge is 0.369 e. The number of anilines is 1. The summed E-state index contributed by atoms with van der Waals surface area (Å²) in [7, 11) is 0. The van der Waals surface area contributed by atoms with Crippen LogP contribution in [0.5, 0.6) is 0 Å². The number of amides is 2. The van der Waals surface area contributed by atoms with Crippen molar-refractivity contribution in [2.75, 3.05) is 18.4 Å². The average molecular weight is 341 g/mol. The van der Waals surface area contributed by atoms with E-state index in [-0.39, 0.29) is 23.7 Å². The topological polar surface area (TPSA) is 75.4 Å². The summed E-state index contributed by atoms with van der Waals surface area (Å²) in [5.74, 6) is -0.112. The third-order valence-electron chi connectivity index (χ3n) is 5.22. The zero-order chi connectivity index (χ0) is 17.6. The van der Waals surface area contributed by atoms with E-state index in [2.05, 4.69) is 22.4 Å². The molecule has 2 aliphatic rings. The van der Waals surface area contributed by atoms with Gasteiger partial charge >= 0.3 is 0 Å². The Morgan fingerprint density at radius 1 is 1.16 bits per heavy atom. The SMILES string of the molecule is NC(=O)[C@H]1CCCN(Cc2ccccc2NC(=O)[C@H]2CC=CCC2)C1. The lowest BCUT2D eigenvalue weighted by Crippen LogP contribution is -2.40. The molecule has 0 bridgehead atoms. The number of benzene rings is 1. The van der Waals surface area contributed by atoms with Crippen LogP contribution in [-0.2, 0) is 16.1 Å². The summed E-state index contributed by atoms with van der Waals surface area (Å²) in [6.45, 7) is 2.38. The minimum Gasteiger partial charge on any atom is -0.369 e. The Hall–Kier alpha value is -2.14. The summed E-state index contributed by atoms with van der Waals surface area (Å²) < 4.78 is 0. The second-order valence-corrected chi connectivity index (χ2v) is 7.10. The first-order chi connectivity index (χ1) is 12.1. The second kappa shape index (κ2) is 8.30. The highest BCUT2D eigenvalue weighted by molar-refractivity contribution is 5.93. The highest BCUT2D eigenvalue weighted by atomic mass is 16.2. The van der Waals surface area contributed by atoms with Gasteiger partial charge in [-0.15, -0.1) is 0 Å². The summed E-state index contributed by atoms with van der Waals surface area (Å²) in [5.41, 5.74) is 7.44. The maximum atomic E-state index is 12.5. The Morgan fingerprint density at radius 2 is 2.00 bits per heavy atom. The van der Waals surface area contributed by atoms with Crippen molar-refractivity contribution in [3.63, 3.8) is 0 Å². The van der Waals surface area contributed by atoms with Gasteiger partial charge in [0.2, 0.25) is 11.8 Å². The summed E-state index contributed by atoms with van der Waals surface area (Å²) >= 11 is 0. The van der Waals surface area contributed by atoms with Crippen molar-refractivity contribution in [2.45, 2.75) is 38.6 Å². The van der Waals surface area contributed by atoms with Crippen LogP contribution in [0.1, 0.15) is 37.7 Å². The normalized spacial score (nSPS) is 24.0. The van der Waals surface area contributed by atoms with E-state index in [9.17, 15) is 9.59 Å². The molecular formula is C20H27N3O2. The van der Waals surface area contributed by atoms with Crippen LogP contribution >= 0.6 is 0 Å². The molecule has 25 heavy (non-hydrogen) atoms. The zero-order valence-corrected chi connectivity index (χ0v) is 14.6. The van der Waals surface area contributed by atoms with Crippen LogP contribution in [-0.4, -0.2) is 29.8 Å². The van der Waals surface area contributed by atoms with Gasteiger partial charge in [0.05, 0.1) is 5.92 Å². The monoisotopic (exact) mass is 341 g/mol. The molecular weight excluding hydrogens is 314 g/mol. The molecule has 5 nitrogen and oxygen atoms in total. The lowest BCUT2D eigenvalue weighted by molar-refractivity contribution is -0.123. The molecule has 2 atom stereocenters. The molecule has 1 aliphatic carbocycles. The molecule has 1 aromatic rings.